The van der Waals surface area contributed by atoms with E-state index in [9.17, 15) is 15.2 Å². The Bertz CT molecular complexity index is 1390. The molecule has 4 aromatic rings. The maximum Gasteiger partial charge on any atom is 0.280 e. The summed E-state index contributed by atoms with van der Waals surface area (Å²) in [6.45, 7) is 0. The van der Waals surface area contributed by atoms with Crippen molar-refractivity contribution in [1.82, 2.24) is 10.3 Å². The summed E-state index contributed by atoms with van der Waals surface area (Å²) in [5.41, 5.74) is 1.41. The third-order valence-electron chi connectivity index (χ3n) is 5.58. The van der Waals surface area contributed by atoms with Gasteiger partial charge in [-0.3, -0.25) is 15.1 Å². The first-order chi connectivity index (χ1) is 16.4. The maximum atomic E-state index is 11.5. The van der Waals surface area contributed by atoms with E-state index in [4.69, 9.17) is 28.2 Å². The van der Waals surface area contributed by atoms with Crippen molar-refractivity contribution in [1.29, 1.82) is 0 Å². The summed E-state index contributed by atoms with van der Waals surface area (Å²) in [5, 5.41) is 26.2. The smallest absolute Gasteiger partial charge is 0.280 e. The number of anilines is 1. The first-order valence-electron chi connectivity index (χ1n) is 10.3. The minimum Gasteiger partial charge on any atom is -0.506 e. The van der Waals surface area contributed by atoms with Crippen LogP contribution in [-0.2, 0) is 0 Å². The first kappa shape index (κ1) is 21.9. The second-order valence-electron chi connectivity index (χ2n) is 7.61. The van der Waals surface area contributed by atoms with E-state index in [1.165, 1.54) is 12.1 Å². The second-order valence-corrected chi connectivity index (χ2v) is 8.43. The fourth-order valence-electron chi connectivity index (χ4n) is 4.09. The molecule has 0 saturated carbocycles. The van der Waals surface area contributed by atoms with Crippen molar-refractivity contribution in [2.45, 2.75) is 12.1 Å². The molecule has 0 spiro atoms. The van der Waals surface area contributed by atoms with Crippen LogP contribution in [0.4, 0.5) is 11.4 Å². The Kier molecular flexibility index (Phi) is 5.64. The van der Waals surface area contributed by atoms with Crippen LogP contribution in [0.3, 0.4) is 0 Å². The van der Waals surface area contributed by atoms with Gasteiger partial charge in [0.1, 0.15) is 23.3 Å². The average molecular weight is 493 g/mol. The number of hydrogen-bond donors (Lipinski definition) is 2. The maximum absolute atomic E-state index is 11.5. The van der Waals surface area contributed by atoms with Crippen molar-refractivity contribution in [3.63, 3.8) is 0 Å². The lowest BCUT2D eigenvalue weighted by molar-refractivity contribution is -0.384. The topological polar surface area (TPSA) is 105 Å². The minimum absolute atomic E-state index is 0.00861. The number of rotatable bonds is 5. The highest BCUT2D eigenvalue weighted by molar-refractivity contribution is 7.80. The number of benzene rings is 2. The molecular weight excluding hydrogens is 476 g/mol. The van der Waals surface area contributed by atoms with Crippen LogP contribution < -0.4 is 10.2 Å². The van der Waals surface area contributed by atoms with Gasteiger partial charge in [-0.05, 0) is 60.7 Å². The molecule has 10 heteroatoms. The third kappa shape index (κ3) is 3.85. The monoisotopic (exact) mass is 492 g/mol. The molecule has 1 fully saturated rings. The van der Waals surface area contributed by atoms with Crippen LogP contribution in [-0.4, -0.2) is 20.1 Å². The largest absolute Gasteiger partial charge is 0.506 e. The average Bonchev–Trinajstić information content (AvgIpc) is 3.46. The Labute approximate surface area is 204 Å². The fraction of sp³-hybridized carbons (Fsp3) is 0.0833. The lowest BCUT2D eigenvalue weighted by atomic mass is 10.0. The molecule has 8 nitrogen and oxygen atoms in total. The summed E-state index contributed by atoms with van der Waals surface area (Å²) >= 11 is 11.9. The number of hydrogen-bond acceptors (Lipinski definition) is 6. The Balaban J connectivity index is 1.65. The van der Waals surface area contributed by atoms with Gasteiger partial charge in [-0.1, -0.05) is 29.8 Å². The molecule has 3 heterocycles. The number of aromatic hydroxyl groups is 1. The lowest BCUT2D eigenvalue weighted by Crippen LogP contribution is -2.29. The zero-order chi connectivity index (χ0) is 23.8. The number of furan rings is 1. The predicted molar refractivity (Wildman–Crippen MR) is 132 cm³/mol. The molecule has 2 aromatic heterocycles. The normalized spacial score (nSPS) is 17.6. The van der Waals surface area contributed by atoms with E-state index < -0.39 is 17.0 Å². The van der Waals surface area contributed by atoms with E-state index in [0.717, 1.165) is 0 Å². The molecule has 0 amide bonds. The number of thiocarbonyl (C=S) groups is 1. The van der Waals surface area contributed by atoms with E-state index in [0.29, 0.717) is 38.6 Å². The fourth-order valence-corrected chi connectivity index (χ4v) is 4.60. The van der Waals surface area contributed by atoms with Gasteiger partial charge in [-0.15, -0.1) is 0 Å². The SMILES string of the molecule is O=[N+]([O-])c1ccccc1-c1ccc([C@H]2[C@H](c3ccccn3)NC(=S)N2c2cc(Cl)ccc2O)o1. The first-order valence-corrected chi connectivity index (χ1v) is 11.1. The van der Waals surface area contributed by atoms with Crippen LogP contribution in [0.1, 0.15) is 23.5 Å². The molecule has 34 heavy (non-hydrogen) atoms. The number of halogens is 1. The van der Waals surface area contributed by atoms with E-state index in [1.807, 2.05) is 18.2 Å². The van der Waals surface area contributed by atoms with Gasteiger partial charge in [0.25, 0.3) is 5.69 Å². The highest BCUT2D eigenvalue weighted by Gasteiger charge is 2.43. The molecule has 1 aliphatic heterocycles. The number of nitro benzene ring substituents is 1. The number of pyridine rings is 1. The van der Waals surface area contributed by atoms with Crippen molar-refractivity contribution in [3.05, 3.63) is 106 Å². The van der Waals surface area contributed by atoms with Gasteiger partial charge in [0, 0.05) is 17.3 Å². The summed E-state index contributed by atoms with van der Waals surface area (Å²) in [6, 6.07) is 19.1. The molecule has 1 saturated heterocycles. The molecule has 0 unspecified atom stereocenters. The van der Waals surface area contributed by atoms with Gasteiger partial charge >= 0.3 is 0 Å². The van der Waals surface area contributed by atoms with Gasteiger partial charge in [-0.2, -0.15) is 0 Å². The molecule has 2 N–H and O–H groups in total. The van der Waals surface area contributed by atoms with E-state index in [1.54, 1.807) is 53.6 Å². The molecule has 0 aliphatic carbocycles. The van der Waals surface area contributed by atoms with Crippen LogP contribution in [0.5, 0.6) is 5.75 Å². The second kappa shape index (κ2) is 8.77. The molecule has 0 radical (unpaired) electrons. The minimum atomic E-state index is -0.553. The molecule has 5 rings (SSSR count). The number of para-hydroxylation sites is 1. The predicted octanol–water partition coefficient (Wildman–Crippen LogP) is 5.79. The number of nitro groups is 1. The number of nitrogens with zero attached hydrogens (tertiary/aromatic N) is 3. The van der Waals surface area contributed by atoms with Crippen molar-refractivity contribution < 1.29 is 14.4 Å². The number of aromatic nitrogens is 1. The lowest BCUT2D eigenvalue weighted by Gasteiger charge is -2.26. The molecule has 170 valence electrons. The van der Waals surface area contributed by atoms with Crippen molar-refractivity contribution in [2.75, 3.05) is 4.90 Å². The van der Waals surface area contributed by atoms with Crippen molar-refractivity contribution in [3.8, 4) is 17.1 Å². The van der Waals surface area contributed by atoms with Crippen LogP contribution in [0.15, 0.2) is 83.4 Å². The van der Waals surface area contributed by atoms with Gasteiger partial charge in [-0.25, -0.2) is 0 Å². The molecule has 2 aromatic carbocycles. The zero-order valence-corrected chi connectivity index (χ0v) is 19.0. The summed E-state index contributed by atoms with van der Waals surface area (Å²) in [4.78, 5) is 17.3. The van der Waals surface area contributed by atoms with Crippen LogP contribution in [0, 0.1) is 10.1 Å². The molecular formula is C24H17ClN4O4S. The number of phenols is 1. The van der Waals surface area contributed by atoms with Gasteiger partial charge in [0.05, 0.1) is 27.9 Å². The van der Waals surface area contributed by atoms with E-state index >= 15 is 0 Å². The summed E-state index contributed by atoms with van der Waals surface area (Å²) < 4.78 is 6.18. The van der Waals surface area contributed by atoms with E-state index in [2.05, 4.69) is 10.3 Å². The van der Waals surface area contributed by atoms with E-state index in [-0.39, 0.29) is 11.4 Å². The van der Waals surface area contributed by atoms with Crippen LogP contribution in [0.25, 0.3) is 11.3 Å². The Morgan fingerprint density at radius 2 is 1.91 bits per heavy atom. The van der Waals surface area contributed by atoms with Crippen molar-refractivity contribution in [2.24, 2.45) is 0 Å². The quantitative estimate of drug-likeness (QED) is 0.205. The Morgan fingerprint density at radius 3 is 2.68 bits per heavy atom. The van der Waals surface area contributed by atoms with Crippen molar-refractivity contribution >= 4 is 40.3 Å². The van der Waals surface area contributed by atoms with Gasteiger partial charge in [0.15, 0.2) is 5.11 Å². The highest BCUT2D eigenvalue weighted by Crippen LogP contribution is 2.46. The zero-order valence-electron chi connectivity index (χ0n) is 17.5. The van der Waals surface area contributed by atoms with Crippen LogP contribution >= 0.6 is 23.8 Å². The van der Waals surface area contributed by atoms with Gasteiger partial charge in [0.2, 0.25) is 0 Å². The Hall–Kier alpha value is -3.95. The summed E-state index contributed by atoms with van der Waals surface area (Å²) in [6.07, 6.45) is 1.68. The molecule has 2 atom stereocenters. The third-order valence-corrected chi connectivity index (χ3v) is 6.13. The number of phenolic OH excluding ortho intramolecular Hbond substituents is 1. The Morgan fingerprint density at radius 1 is 1.12 bits per heavy atom. The molecule has 1 aliphatic rings. The highest BCUT2D eigenvalue weighted by atomic mass is 35.5. The summed E-state index contributed by atoms with van der Waals surface area (Å²) in [7, 11) is 0. The van der Waals surface area contributed by atoms with Gasteiger partial charge < -0.3 is 19.7 Å². The summed E-state index contributed by atoms with van der Waals surface area (Å²) in [5.74, 6) is 0.816. The molecule has 0 bridgehead atoms. The standard InChI is InChI=1S/C24H17ClN4O4S/c25-14-8-9-19(30)18(13-14)28-23(22(27-24(28)34)16-6-3-4-12-26-16)21-11-10-20(33-21)15-5-1-2-7-17(15)29(31)32/h1-13,22-23,30H,(H,27,34)/t22-,23-/m0/s1. The van der Waals surface area contributed by atoms with Crippen LogP contribution in [0.2, 0.25) is 5.02 Å². The number of nitrogens with one attached hydrogen (secondary N) is 1.